The molecule has 2 rings (SSSR count). The lowest BCUT2D eigenvalue weighted by atomic mass is 9.96. The average molecular weight is 319 g/mol. The Morgan fingerprint density at radius 1 is 1.13 bits per heavy atom. The van der Waals surface area contributed by atoms with Crippen LogP contribution < -0.4 is 0 Å². The standard InChI is InChI=1S/C17H25N3O3/c1-12-4-3-5-13(2)20(12)11-15(10-18)16(21)19-8-6-14(7-9-19)17(22)23/h11-14H,3-9H2,1-2H3,(H,22,23)/b15-11-. The number of carboxylic acid groups (broad SMARTS) is 1. The smallest absolute Gasteiger partial charge is 0.306 e. The summed E-state index contributed by atoms with van der Waals surface area (Å²) in [6.45, 7) is 5.04. The molecule has 126 valence electrons. The van der Waals surface area contributed by atoms with Crippen molar-refractivity contribution in [2.45, 2.75) is 58.0 Å². The third-order valence-electron chi connectivity index (χ3n) is 5.02. The van der Waals surface area contributed by atoms with Gasteiger partial charge in [-0.3, -0.25) is 9.59 Å². The molecule has 0 radical (unpaired) electrons. The fourth-order valence-corrected chi connectivity index (χ4v) is 3.48. The predicted octanol–water partition coefficient (Wildman–Crippen LogP) is 1.98. The number of nitriles is 1. The van der Waals surface area contributed by atoms with Crippen molar-refractivity contribution in [3.8, 4) is 6.07 Å². The zero-order chi connectivity index (χ0) is 17.0. The van der Waals surface area contributed by atoms with Crippen LogP contribution in [-0.4, -0.2) is 52.0 Å². The number of rotatable bonds is 3. The van der Waals surface area contributed by atoms with E-state index in [4.69, 9.17) is 5.11 Å². The molecule has 1 N–H and O–H groups in total. The molecule has 6 nitrogen and oxygen atoms in total. The Labute approximate surface area is 137 Å². The lowest BCUT2D eigenvalue weighted by molar-refractivity contribution is -0.145. The number of carboxylic acids is 1. The Morgan fingerprint density at radius 3 is 2.17 bits per heavy atom. The lowest BCUT2D eigenvalue weighted by Crippen LogP contribution is -2.43. The minimum Gasteiger partial charge on any atom is -0.481 e. The number of nitrogens with zero attached hydrogens (tertiary/aromatic N) is 3. The van der Waals surface area contributed by atoms with E-state index in [0.717, 1.165) is 12.8 Å². The molecular formula is C17H25N3O3. The number of carbonyl (C=O) groups excluding carboxylic acids is 1. The van der Waals surface area contributed by atoms with E-state index in [1.807, 2.05) is 6.07 Å². The van der Waals surface area contributed by atoms with Crippen LogP contribution in [0.4, 0.5) is 0 Å². The van der Waals surface area contributed by atoms with E-state index in [0.29, 0.717) is 38.0 Å². The quantitative estimate of drug-likeness (QED) is 0.635. The second-order valence-corrected chi connectivity index (χ2v) is 6.64. The molecule has 2 heterocycles. The molecule has 2 atom stereocenters. The third-order valence-corrected chi connectivity index (χ3v) is 5.02. The molecule has 23 heavy (non-hydrogen) atoms. The van der Waals surface area contributed by atoms with E-state index in [-0.39, 0.29) is 17.4 Å². The zero-order valence-electron chi connectivity index (χ0n) is 13.9. The SMILES string of the molecule is CC1CCCC(C)N1/C=C(/C#N)C(=O)N1CCC(C(=O)O)CC1. The van der Waals surface area contributed by atoms with E-state index in [9.17, 15) is 14.9 Å². The van der Waals surface area contributed by atoms with Crippen LogP contribution in [0.25, 0.3) is 0 Å². The number of piperidine rings is 2. The lowest BCUT2D eigenvalue weighted by Gasteiger charge is -2.38. The first-order valence-corrected chi connectivity index (χ1v) is 8.35. The number of likely N-dealkylation sites (tertiary alicyclic amines) is 2. The van der Waals surface area contributed by atoms with Crippen LogP contribution in [0, 0.1) is 17.2 Å². The summed E-state index contributed by atoms with van der Waals surface area (Å²) in [4.78, 5) is 27.3. The zero-order valence-corrected chi connectivity index (χ0v) is 13.9. The molecule has 1 amide bonds. The summed E-state index contributed by atoms with van der Waals surface area (Å²) in [5.74, 6) is -1.46. The van der Waals surface area contributed by atoms with Gasteiger partial charge in [-0.05, 0) is 46.0 Å². The molecule has 0 spiro atoms. The Balaban J connectivity index is 2.06. The van der Waals surface area contributed by atoms with Gasteiger partial charge in [-0.1, -0.05) is 0 Å². The number of carbonyl (C=O) groups is 2. The first-order chi connectivity index (χ1) is 10.9. The normalized spacial score (nSPS) is 26.7. The first-order valence-electron chi connectivity index (χ1n) is 8.35. The van der Waals surface area contributed by atoms with Crippen molar-refractivity contribution in [1.82, 2.24) is 9.80 Å². The molecule has 2 fully saturated rings. The van der Waals surface area contributed by atoms with Gasteiger partial charge in [0, 0.05) is 31.4 Å². The molecule has 0 aromatic heterocycles. The second-order valence-electron chi connectivity index (χ2n) is 6.64. The largest absolute Gasteiger partial charge is 0.481 e. The summed E-state index contributed by atoms with van der Waals surface area (Å²) in [7, 11) is 0. The highest BCUT2D eigenvalue weighted by Crippen LogP contribution is 2.24. The maximum absolute atomic E-state index is 12.6. The van der Waals surface area contributed by atoms with Gasteiger partial charge in [0.2, 0.25) is 0 Å². The summed E-state index contributed by atoms with van der Waals surface area (Å²) in [6.07, 6.45) is 5.92. The molecule has 0 aromatic carbocycles. The molecule has 0 bridgehead atoms. The Hall–Kier alpha value is -2.03. The van der Waals surface area contributed by atoms with Crippen LogP contribution in [0.1, 0.15) is 46.0 Å². The average Bonchev–Trinajstić information content (AvgIpc) is 2.54. The van der Waals surface area contributed by atoms with Gasteiger partial charge >= 0.3 is 5.97 Å². The molecule has 0 aromatic rings. The highest BCUT2D eigenvalue weighted by atomic mass is 16.4. The fourth-order valence-electron chi connectivity index (χ4n) is 3.48. The molecular weight excluding hydrogens is 294 g/mol. The van der Waals surface area contributed by atoms with Crippen LogP contribution in [-0.2, 0) is 9.59 Å². The number of hydrogen-bond donors (Lipinski definition) is 1. The van der Waals surface area contributed by atoms with Gasteiger partial charge in [0.15, 0.2) is 0 Å². The second kappa shape index (κ2) is 7.49. The van der Waals surface area contributed by atoms with Crippen molar-refractivity contribution in [1.29, 1.82) is 5.26 Å². The molecule has 2 unspecified atom stereocenters. The molecule has 0 aliphatic carbocycles. The molecule has 2 aliphatic rings. The van der Waals surface area contributed by atoms with Crippen molar-refractivity contribution in [2.24, 2.45) is 5.92 Å². The Kier molecular flexibility index (Phi) is 5.64. The third kappa shape index (κ3) is 4.04. The molecule has 0 saturated carbocycles. The van der Waals surface area contributed by atoms with Crippen LogP contribution >= 0.6 is 0 Å². The van der Waals surface area contributed by atoms with E-state index in [1.165, 1.54) is 6.42 Å². The minimum absolute atomic E-state index is 0.152. The maximum Gasteiger partial charge on any atom is 0.306 e. The fraction of sp³-hybridized carbons (Fsp3) is 0.706. The topological polar surface area (TPSA) is 84.6 Å². The van der Waals surface area contributed by atoms with Gasteiger partial charge in [0.25, 0.3) is 5.91 Å². The van der Waals surface area contributed by atoms with Crippen LogP contribution in [0.5, 0.6) is 0 Å². The van der Waals surface area contributed by atoms with Crippen molar-refractivity contribution in [3.05, 3.63) is 11.8 Å². The Bertz CT molecular complexity index is 520. The monoisotopic (exact) mass is 319 g/mol. The predicted molar refractivity (Wildman–Crippen MR) is 85.2 cm³/mol. The molecule has 2 saturated heterocycles. The van der Waals surface area contributed by atoms with Crippen molar-refractivity contribution in [3.63, 3.8) is 0 Å². The van der Waals surface area contributed by atoms with E-state index >= 15 is 0 Å². The van der Waals surface area contributed by atoms with Crippen LogP contribution in [0.15, 0.2) is 11.8 Å². The summed E-state index contributed by atoms with van der Waals surface area (Å²) < 4.78 is 0. The van der Waals surface area contributed by atoms with Crippen LogP contribution in [0.2, 0.25) is 0 Å². The van der Waals surface area contributed by atoms with Crippen molar-refractivity contribution >= 4 is 11.9 Å². The summed E-state index contributed by atoms with van der Waals surface area (Å²) in [5, 5.41) is 18.4. The summed E-state index contributed by atoms with van der Waals surface area (Å²) >= 11 is 0. The van der Waals surface area contributed by atoms with Gasteiger partial charge in [-0.25, -0.2) is 0 Å². The summed E-state index contributed by atoms with van der Waals surface area (Å²) in [6, 6.07) is 2.69. The van der Waals surface area contributed by atoms with E-state index in [1.54, 1.807) is 11.1 Å². The number of hydrogen-bond acceptors (Lipinski definition) is 4. The van der Waals surface area contributed by atoms with Gasteiger partial charge in [-0.2, -0.15) is 5.26 Å². The summed E-state index contributed by atoms with van der Waals surface area (Å²) in [5.41, 5.74) is 0.152. The molecule has 2 aliphatic heterocycles. The molecule has 6 heteroatoms. The van der Waals surface area contributed by atoms with E-state index < -0.39 is 5.97 Å². The van der Waals surface area contributed by atoms with E-state index in [2.05, 4.69) is 18.7 Å². The van der Waals surface area contributed by atoms with Crippen LogP contribution in [0.3, 0.4) is 0 Å². The highest BCUT2D eigenvalue weighted by Gasteiger charge is 2.30. The number of amides is 1. The first kappa shape index (κ1) is 17.3. The highest BCUT2D eigenvalue weighted by molar-refractivity contribution is 5.97. The minimum atomic E-state index is -0.802. The Morgan fingerprint density at radius 2 is 1.70 bits per heavy atom. The van der Waals surface area contributed by atoms with Gasteiger partial charge in [-0.15, -0.1) is 0 Å². The number of aliphatic carboxylic acids is 1. The maximum atomic E-state index is 12.6. The van der Waals surface area contributed by atoms with Gasteiger partial charge in [0.05, 0.1) is 5.92 Å². The van der Waals surface area contributed by atoms with Crippen molar-refractivity contribution < 1.29 is 14.7 Å². The van der Waals surface area contributed by atoms with Crippen molar-refractivity contribution in [2.75, 3.05) is 13.1 Å². The van der Waals surface area contributed by atoms with Gasteiger partial charge in [0.1, 0.15) is 11.6 Å². The van der Waals surface area contributed by atoms with Gasteiger partial charge < -0.3 is 14.9 Å².